The molecule has 0 heterocycles. The number of nitrogens with one attached hydrogen (secondary N) is 1. The molecule has 0 aliphatic heterocycles. The van der Waals surface area contributed by atoms with E-state index in [0.717, 1.165) is 51.4 Å². The van der Waals surface area contributed by atoms with Crippen molar-refractivity contribution in [3.8, 4) is 0 Å². The molecule has 0 bridgehead atoms. The molecule has 0 radical (unpaired) electrons. The highest BCUT2D eigenvalue weighted by Crippen LogP contribution is 2.17. The normalized spacial score (nSPS) is 13.9. The summed E-state index contributed by atoms with van der Waals surface area (Å²) in [5.41, 5.74) is 0. The summed E-state index contributed by atoms with van der Waals surface area (Å²) in [6.45, 7) is 6.29. The number of esters is 1. The van der Waals surface area contributed by atoms with E-state index in [1.54, 1.807) is 0 Å². The number of allylic oxidation sites excluding steroid dienone is 12. The number of hydrogen-bond donors (Lipinski definition) is 3. The highest BCUT2D eigenvalue weighted by atomic mass is 16.5. The molecule has 58 heavy (non-hydrogen) atoms. The maximum atomic E-state index is 13.1. The van der Waals surface area contributed by atoms with Crippen LogP contribution in [0.3, 0.4) is 0 Å². The third kappa shape index (κ3) is 40.1. The van der Waals surface area contributed by atoms with Gasteiger partial charge in [-0.25, -0.2) is 0 Å². The molecule has 3 N–H and O–H groups in total. The predicted octanol–water partition coefficient (Wildman–Crippen LogP) is 14.2. The van der Waals surface area contributed by atoms with Crippen LogP contribution < -0.4 is 5.32 Å². The van der Waals surface area contributed by atoms with Gasteiger partial charge >= 0.3 is 5.97 Å². The van der Waals surface area contributed by atoms with Gasteiger partial charge in [0, 0.05) is 6.42 Å². The Morgan fingerprint density at radius 1 is 0.517 bits per heavy atom. The fourth-order valence-electron chi connectivity index (χ4n) is 6.98. The molecule has 0 aromatic rings. The summed E-state index contributed by atoms with van der Waals surface area (Å²) in [5, 5.41) is 23.6. The van der Waals surface area contributed by atoms with Crippen molar-refractivity contribution in [3.63, 3.8) is 0 Å². The Bertz CT molecular complexity index is 1090. The van der Waals surface area contributed by atoms with Gasteiger partial charge < -0.3 is 20.3 Å². The van der Waals surface area contributed by atoms with Gasteiger partial charge in [0.2, 0.25) is 5.91 Å². The zero-order chi connectivity index (χ0) is 42.4. The van der Waals surface area contributed by atoms with Gasteiger partial charge in [-0.05, 0) is 64.2 Å². The number of aliphatic hydroxyl groups is 2. The van der Waals surface area contributed by atoms with Crippen LogP contribution in [0, 0.1) is 0 Å². The van der Waals surface area contributed by atoms with Gasteiger partial charge in [0.25, 0.3) is 0 Å². The predicted molar refractivity (Wildman–Crippen MR) is 250 cm³/mol. The van der Waals surface area contributed by atoms with Crippen LogP contribution in [0.1, 0.15) is 220 Å². The van der Waals surface area contributed by atoms with Gasteiger partial charge in [0.1, 0.15) is 6.10 Å². The molecule has 0 aromatic heterocycles. The Morgan fingerprint density at radius 2 is 0.948 bits per heavy atom. The van der Waals surface area contributed by atoms with Gasteiger partial charge in [-0.3, -0.25) is 9.59 Å². The third-order valence-electron chi connectivity index (χ3n) is 10.6. The molecule has 6 nitrogen and oxygen atoms in total. The first kappa shape index (κ1) is 55.3. The van der Waals surface area contributed by atoms with E-state index in [2.05, 4.69) is 44.3 Å². The molecule has 3 unspecified atom stereocenters. The van der Waals surface area contributed by atoms with Crippen molar-refractivity contribution in [2.24, 2.45) is 0 Å². The molecule has 0 aromatic carbocycles. The maximum absolute atomic E-state index is 13.1. The van der Waals surface area contributed by atoms with Crippen LogP contribution in [0.4, 0.5) is 0 Å². The van der Waals surface area contributed by atoms with Crippen molar-refractivity contribution in [2.45, 2.75) is 238 Å². The molecular weight excluding hydrogens is 719 g/mol. The Kier molecular flexibility index (Phi) is 43.3. The van der Waals surface area contributed by atoms with E-state index in [-0.39, 0.29) is 24.9 Å². The molecule has 0 saturated heterocycles. The maximum Gasteiger partial charge on any atom is 0.306 e. The first-order valence-corrected chi connectivity index (χ1v) is 24.2. The lowest BCUT2D eigenvalue weighted by atomic mass is 10.0. The number of aliphatic hydroxyl groups excluding tert-OH is 2. The van der Waals surface area contributed by atoms with E-state index in [4.69, 9.17) is 4.74 Å². The molecular formula is C52H91NO5. The van der Waals surface area contributed by atoms with Gasteiger partial charge in [-0.2, -0.15) is 0 Å². The summed E-state index contributed by atoms with van der Waals surface area (Å²) < 4.78 is 5.88. The van der Waals surface area contributed by atoms with E-state index < -0.39 is 18.2 Å². The Balaban J connectivity index is 4.70. The number of hydrogen-bond acceptors (Lipinski definition) is 5. The molecule has 0 saturated carbocycles. The fourth-order valence-corrected chi connectivity index (χ4v) is 6.98. The van der Waals surface area contributed by atoms with Gasteiger partial charge in [0.15, 0.2) is 0 Å². The van der Waals surface area contributed by atoms with E-state index in [1.807, 2.05) is 54.7 Å². The van der Waals surface area contributed by atoms with Crippen LogP contribution in [0.25, 0.3) is 0 Å². The number of unbranched alkanes of at least 4 members (excludes halogenated alkanes) is 22. The van der Waals surface area contributed by atoms with E-state index in [0.29, 0.717) is 25.7 Å². The van der Waals surface area contributed by atoms with Crippen molar-refractivity contribution < 1.29 is 24.5 Å². The number of rotatable bonds is 42. The molecule has 1 amide bonds. The highest BCUT2D eigenvalue weighted by Gasteiger charge is 2.24. The number of amides is 1. The minimum Gasteiger partial charge on any atom is -0.462 e. The molecule has 0 aliphatic carbocycles. The van der Waals surface area contributed by atoms with Crippen LogP contribution in [0.5, 0.6) is 0 Å². The first-order valence-electron chi connectivity index (χ1n) is 24.2. The largest absolute Gasteiger partial charge is 0.462 e. The summed E-state index contributed by atoms with van der Waals surface area (Å²) in [5.74, 6) is -0.570. The summed E-state index contributed by atoms with van der Waals surface area (Å²) in [4.78, 5) is 26.0. The van der Waals surface area contributed by atoms with Crippen LogP contribution >= 0.6 is 0 Å². The summed E-state index contributed by atoms with van der Waals surface area (Å²) in [7, 11) is 0. The monoisotopic (exact) mass is 810 g/mol. The second-order valence-corrected chi connectivity index (χ2v) is 16.2. The molecule has 334 valence electrons. The SMILES string of the molecule is CC/C=C/C=C/C=C\C=C/C=C/CCCC(=O)OC(CCCCCCCCC/C=C/CCCCCCCC)CC(=O)NC(CO)C(O)CCCCCCCCCCC. The van der Waals surface area contributed by atoms with Gasteiger partial charge in [0.05, 0.1) is 25.2 Å². The van der Waals surface area contributed by atoms with E-state index in [1.165, 1.54) is 116 Å². The number of ether oxygens (including phenoxy) is 1. The zero-order valence-electron chi connectivity index (χ0n) is 37.9. The van der Waals surface area contributed by atoms with Crippen molar-refractivity contribution in [1.29, 1.82) is 0 Å². The molecule has 0 fully saturated rings. The Morgan fingerprint density at radius 3 is 1.45 bits per heavy atom. The average Bonchev–Trinajstić information content (AvgIpc) is 3.22. The van der Waals surface area contributed by atoms with Crippen molar-refractivity contribution in [2.75, 3.05) is 6.61 Å². The average molecular weight is 810 g/mol. The third-order valence-corrected chi connectivity index (χ3v) is 10.6. The highest BCUT2D eigenvalue weighted by molar-refractivity contribution is 5.77. The topological polar surface area (TPSA) is 95.9 Å². The fraction of sp³-hybridized carbons (Fsp3) is 0.731. The standard InChI is InChI=1S/C52H91NO5/c1-4-7-10-13-16-19-21-23-24-25-26-28-29-32-34-37-40-43-48(58-52(57)45-42-39-36-33-30-27-22-20-17-14-11-8-5-2)46-51(56)53-49(47-54)50(55)44-41-38-35-31-18-15-12-9-6-3/h8,11,14,17,20,22-24,27,30,33,36,48-50,54-55H,4-7,9-10,12-13,15-16,18-19,21,25-26,28-29,31-32,34-35,37-47H2,1-3H3,(H,53,56)/b11-8+,17-14+,22-20-,24-23+,30-27-,36-33+. The lowest BCUT2D eigenvalue weighted by Crippen LogP contribution is -2.46. The summed E-state index contributed by atoms with van der Waals surface area (Å²) >= 11 is 0. The molecule has 0 rings (SSSR count). The van der Waals surface area contributed by atoms with Crippen LogP contribution in [-0.2, 0) is 14.3 Å². The Hall–Kier alpha value is -2.70. The van der Waals surface area contributed by atoms with Crippen molar-refractivity contribution in [1.82, 2.24) is 5.32 Å². The quantitative estimate of drug-likeness (QED) is 0.0247. The minimum atomic E-state index is -0.802. The van der Waals surface area contributed by atoms with Crippen molar-refractivity contribution in [3.05, 3.63) is 72.9 Å². The number of carbonyl (C=O) groups excluding carboxylic acids is 2. The summed E-state index contributed by atoms with van der Waals surface area (Å²) in [6, 6.07) is -0.718. The van der Waals surface area contributed by atoms with Crippen LogP contribution in [-0.4, -0.2) is 46.9 Å². The Labute approximate surface area is 358 Å². The van der Waals surface area contributed by atoms with Crippen LogP contribution in [0.2, 0.25) is 0 Å². The van der Waals surface area contributed by atoms with Crippen molar-refractivity contribution >= 4 is 11.9 Å². The minimum absolute atomic E-state index is 0.0433. The lowest BCUT2D eigenvalue weighted by Gasteiger charge is -2.24. The number of carbonyl (C=O) groups is 2. The smallest absolute Gasteiger partial charge is 0.306 e. The lowest BCUT2D eigenvalue weighted by molar-refractivity contribution is -0.151. The molecule has 6 heteroatoms. The summed E-state index contributed by atoms with van der Waals surface area (Å²) in [6.07, 6.45) is 56.8. The van der Waals surface area contributed by atoms with Gasteiger partial charge in [-0.15, -0.1) is 0 Å². The second kappa shape index (κ2) is 45.4. The van der Waals surface area contributed by atoms with Crippen LogP contribution in [0.15, 0.2) is 72.9 Å². The first-order chi connectivity index (χ1) is 28.5. The zero-order valence-corrected chi connectivity index (χ0v) is 37.9. The van der Waals surface area contributed by atoms with E-state index >= 15 is 0 Å². The van der Waals surface area contributed by atoms with Gasteiger partial charge in [-0.1, -0.05) is 216 Å². The molecule has 0 aliphatic rings. The van der Waals surface area contributed by atoms with E-state index in [9.17, 15) is 19.8 Å². The molecule has 0 spiro atoms. The molecule has 3 atom stereocenters. The second-order valence-electron chi connectivity index (χ2n) is 16.2.